The Labute approximate surface area is 137 Å². The Morgan fingerprint density at radius 2 is 1.95 bits per heavy atom. The quantitative estimate of drug-likeness (QED) is 0.783. The van der Waals surface area contributed by atoms with Crippen molar-refractivity contribution in [3.8, 4) is 0 Å². The molecule has 2 heterocycles. The summed E-state index contributed by atoms with van der Waals surface area (Å²) in [6, 6.07) is 8.97. The number of nitrogens with zero attached hydrogens (tertiary/aromatic N) is 2. The van der Waals surface area contributed by atoms with Crippen molar-refractivity contribution in [3.63, 3.8) is 0 Å². The van der Waals surface area contributed by atoms with Gasteiger partial charge in [-0.3, -0.25) is 4.79 Å². The summed E-state index contributed by atoms with van der Waals surface area (Å²) in [5.41, 5.74) is 3.11. The molecular weight excluding hydrogens is 321 g/mol. The van der Waals surface area contributed by atoms with E-state index in [1.54, 1.807) is 35.0 Å². The molecule has 0 saturated carbocycles. The van der Waals surface area contributed by atoms with Crippen LogP contribution in [0.3, 0.4) is 0 Å². The molecule has 2 aromatic heterocycles. The van der Waals surface area contributed by atoms with Gasteiger partial charge in [0.25, 0.3) is 0 Å². The van der Waals surface area contributed by atoms with E-state index in [0.717, 1.165) is 11.2 Å². The van der Waals surface area contributed by atoms with E-state index in [9.17, 15) is 4.79 Å². The summed E-state index contributed by atoms with van der Waals surface area (Å²) in [6.07, 6.45) is 3.74. The minimum atomic E-state index is -0.139. The van der Waals surface area contributed by atoms with Gasteiger partial charge in [-0.15, -0.1) is 0 Å². The third-order valence-corrected chi connectivity index (χ3v) is 3.74. The van der Waals surface area contributed by atoms with Crippen LogP contribution in [0, 0.1) is 6.92 Å². The summed E-state index contributed by atoms with van der Waals surface area (Å²) in [5.74, 6) is -0.139. The van der Waals surface area contributed by atoms with Gasteiger partial charge in [-0.05, 0) is 36.8 Å². The Morgan fingerprint density at radius 3 is 2.77 bits per heavy atom. The van der Waals surface area contributed by atoms with E-state index < -0.39 is 0 Å². The van der Waals surface area contributed by atoms with Gasteiger partial charge in [0.05, 0.1) is 17.1 Å². The minimum absolute atomic E-state index is 0.139. The molecule has 1 aromatic carbocycles. The lowest BCUT2D eigenvalue weighted by atomic mass is 10.2. The van der Waals surface area contributed by atoms with Crippen molar-refractivity contribution < 1.29 is 4.79 Å². The number of halogens is 2. The van der Waals surface area contributed by atoms with Crippen molar-refractivity contribution in [1.82, 2.24) is 9.38 Å². The molecular formula is C16H13Cl2N3O. The number of imidazole rings is 1. The fourth-order valence-electron chi connectivity index (χ4n) is 2.19. The van der Waals surface area contributed by atoms with Gasteiger partial charge >= 0.3 is 0 Å². The van der Waals surface area contributed by atoms with Crippen molar-refractivity contribution >= 4 is 40.4 Å². The molecule has 3 rings (SSSR count). The van der Waals surface area contributed by atoms with Crippen molar-refractivity contribution in [2.45, 2.75) is 13.3 Å². The Bertz CT molecular complexity index is 858. The molecule has 0 radical (unpaired) electrons. The number of pyridine rings is 1. The Balaban J connectivity index is 1.76. The zero-order valence-corrected chi connectivity index (χ0v) is 13.3. The van der Waals surface area contributed by atoms with Crippen LogP contribution < -0.4 is 5.32 Å². The van der Waals surface area contributed by atoms with Crippen molar-refractivity contribution in [2.75, 3.05) is 5.32 Å². The fourth-order valence-corrected chi connectivity index (χ4v) is 2.53. The second-order valence-corrected chi connectivity index (χ2v) is 5.90. The molecule has 0 spiro atoms. The number of benzene rings is 1. The van der Waals surface area contributed by atoms with Crippen LogP contribution in [-0.4, -0.2) is 15.3 Å². The van der Waals surface area contributed by atoms with E-state index in [1.807, 2.05) is 19.1 Å². The second kappa shape index (κ2) is 5.99. The number of rotatable bonds is 3. The van der Waals surface area contributed by atoms with Crippen molar-refractivity contribution in [2.24, 2.45) is 0 Å². The van der Waals surface area contributed by atoms with E-state index in [0.29, 0.717) is 21.4 Å². The molecule has 3 aromatic rings. The Morgan fingerprint density at radius 1 is 1.18 bits per heavy atom. The maximum absolute atomic E-state index is 12.2. The maximum Gasteiger partial charge on any atom is 0.230 e. The molecule has 0 aliphatic rings. The zero-order valence-electron chi connectivity index (χ0n) is 11.8. The molecule has 0 aliphatic carbocycles. The first kappa shape index (κ1) is 14.9. The maximum atomic E-state index is 12.2. The van der Waals surface area contributed by atoms with Crippen molar-refractivity contribution in [3.05, 3.63) is 64.0 Å². The molecule has 0 aliphatic heterocycles. The first-order valence-electron chi connectivity index (χ1n) is 6.70. The minimum Gasteiger partial charge on any atom is -0.325 e. The molecule has 0 atom stereocenters. The number of anilines is 1. The summed E-state index contributed by atoms with van der Waals surface area (Å²) in [4.78, 5) is 16.6. The van der Waals surface area contributed by atoms with Crippen LogP contribution in [-0.2, 0) is 11.2 Å². The lowest BCUT2D eigenvalue weighted by Crippen LogP contribution is -2.15. The van der Waals surface area contributed by atoms with E-state index in [2.05, 4.69) is 10.3 Å². The number of amides is 1. The van der Waals surface area contributed by atoms with Gasteiger partial charge in [0, 0.05) is 23.1 Å². The van der Waals surface area contributed by atoms with Gasteiger partial charge in [-0.25, -0.2) is 4.98 Å². The summed E-state index contributed by atoms with van der Waals surface area (Å²) in [6.45, 7) is 1.92. The van der Waals surface area contributed by atoms with Crippen LogP contribution in [0.2, 0.25) is 10.0 Å². The first-order chi connectivity index (χ1) is 10.5. The van der Waals surface area contributed by atoms with Crippen LogP contribution in [0.15, 0.2) is 42.7 Å². The molecule has 4 nitrogen and oxygen atoms in total. The largest absolute Gasteiger partial charge is 0.325 e. The monoisotopic (exact) mass is 333 g/mol. The molecule has 0 saturated heterocycles. The van der Waals surface area contributed by atoms with Gasteiger partial charge < -0.3 is 9.72 Å². The van der Waals surface area contributed by atoms with Gasteiger partial charge in [-0.2, -0.15) is 0 Å². The van der Waals surface area contributed by atoms with E-state index in [1.165, 1.54) is 0 Å². The Kier molecular flexibility index (Phi) is 4.05. The smallest absolute Gasteiger partial charge is 0.230 e. The fraction of sp³-hybridized carbons (Fsp3) is 0.125. The van der Waals surface area contributed by atoms with Crippen LogP contribution in [0.25, 0.3) is 5.65 Å². The molecule has 22 heavy (non-hydrogen) atoms. The Hall–Kier alpha value is -2.04. The number of carbonyl (C=O) groups is 1. The molecule has 1 amide bonds. The van der Waals surface area contributed by atoms with Crippen LogP contribution in [0.5, 0.6) is 0 Å². The molecule has 6 heteroatoms. The zero-order chi connectivity index (χ0) is 15.7. The predicted molar refractivity (Wildman–Crippen MR) is 88.7 cm³/mol. The third kappa shape index (κ3) is 3.24. The normalized spacial score (nSPS) is 10.9. The van der Waals surface area contributed by atoms with Crippen molar-refractivity contribution in [1.29, 1.82) is 0 Å². The molecule has 112 valence electrons. The highest BCUT2D eigenvalue weighted by molar-refractivity contribution is 6.31. The highest BCUT2D eigenvalue weighted by Crippen LogP contribution is 2.20. The summed E-state index contributed by atoms with van der Waals surface area (Å²) in [7, 11) is 0. The second-order valence-electron chi connectivity index (χ2n) is 5.03. The van der Waals surface area contributed by atoms with Gasteiger partial charge in [0.2, 0.25) is 5.91 Å². The standard InChI is InChI=1S/C16H13Cl2N3O/c1-10-2-3-11(17)6-14(10)20-16(22)7-13-9-21-8-12(18)4-5-15(21)19-13/h2-6,8-9H,7H2,1H3,(H,20,22). The molecule has 0 fully saturated rings. The van der Waals surface area contributed by atoms with Gasteiger partial charge in [0.1, 0.15) is 5.65 Å². The summed E-state index contributed by atoms with van der Waals surface area (Å²) >= 11 is 11.9. The molecule has 0 unspecified atom stereocenters. The number of aryl methyl sites for hydroxylation is 1. The number of fused-ring (bicyclic) bond motifs is 1. The van der Waals surface area contributed by atoms with Crippen LogP contribution in [0.4, 0.5) is 5.69 Å². The number of nitrogens with one attached hydrogen (secondary N) is 1. The number of carbonyl (C=O) groups excluding carboxylic acids is 1. The average molecular weight is 334 g/mol. The average Bonchev–Trinajstić information content (AvgIpc) is 2.84. The summed E-state index contributed by atoms with van der Waals surface area (Å²) < 4.78 is 1.80. The van der Waals surface area contributed by atoms with Gasteiger partial charge in [0.15, 0.2) is 0 Å². The highest BCUT2D eigenvalue weighted by Gasteiger charge is 2.10. The SMILES string of the molecule is Cc1ccc(Cl)cc1NC(=O)Cc1cn2cc(Cl)ccc2n1. The van der Waals surface area contributed by atoms with Crippen LogP contribution >= 0.6 is 23.2 Å². The lowest BCUT2D eigenvalue weighted by Gasteiger charge is -2.07. The lowest BCUT2D eigenvalue weighted by molar-refractivity contribution is -0.115. The molecule has 0 bridgehead atoms. The number of hydrogen-bond donors (Lipinski definition) is 1. The topological polar surface area (TPSA) is 46.4 Å². The third-order valence-electron chi connectivity index (χ3n) is 3.28. The first-order valence-corrected chi connectivity index (χ1v) is 7.46. The van der Waals surface area contributed by atoms with E-state index in [-0.39, 0.29) is 12.3 Å². The van der Waals surface area contributed by atoms with E-state index >= 15 is 0 Å². The van der Waals surface area contributed by atoms with E-state index in [4.69, 9.17) is 23.2 Å². The highest BCUT2D eigenvalue weighted by atomic mass is 35.5. The van der Waals surface area contributed by atoms with Gasteiger partial charge in [-0.1, -0.05) is 29.3 Å². The number of aromatic nitrogens is 2. The number of hydrogen-bond acceptors (Lipinski definition) is 2. The molecule has 1 N–H and O–H groups in total. The predicted octanol–water partition coefficient (Wildman–Crippen LogP) is 4.13. The van der Waals surface area contributed by atoms with Crippen LogP contribution in [0.1, 0.15) is 11.3 Å². The summed E-state index contributed by atoms with van der Waals surface area (Å²) in [5, 5.41) is 4.06.